The van der Waals surface area contributed by atoms with E-state index in [2.05, 4.69) is 18.7 Å². The zero-order chi connectivity index (χ0) is 16.3. The van der Waals surface area contributed by atoms with Gasteiger partial charge >= 0.3 is 5.97 Å². The van der Waals surface area contributed by atoms with Crippen LogP contribution >= 0.6 is 0 Å². The molecule has 0 saturated heterocycles. The van der Waals surface area contributed by atoms with Crippen LogP contribution < -0.4 is 0 Å². The molecule has 1 aromatic rings. The number of methoxy groups -OCH3 is 1. The summed E-state index contributed by atoms with van der Waals surface area (Å²) in [5.41, 5.74) is 1.37. The zero-order valence-electron chi connectivity index (χ0n) is 13.4. The Labute approximate surface area is 130 Å². The molecule has 1 N–H and O–H groups in total. The topological polar surface area (TPSA) is 49.8 Å². The Balaban J connectivity index is 2.16. The second-order valence-electron chi connectivity index (χ2n) is 6.33. The summed E-state index contributed by atoms with van der Waals surface area (Å²) < 4.78 is 19.4. The third-order valence-corrected chi connectivity index (χ3v) is 4.19. The lowest BCUT2D eigenvalue weighted by atomic mass is 9.93. The maximum absolute atomic E-state index is 13.9. The number of fused-ring (bicyclic) bond motifs is 1. The Kier molecular flexibility index (Phi) is 5.53. The smallest absolute Gasteiger partial charge is 0.336 e. The van der Waals surface area contributed by atoms with E-state index in [9.17, 15) is 14.3 Å². The molecule has 0 spiro atoms. The van der Waals surface area contributed by atoms with Crippen LogP contribution in [-0.4, -0.2) is 42.3 Å². The molecule has 0 aromatic heterocycles. The molecule has 1 atom stereocenters. The van der Waals surface area contributed by atoms with E-state index in [0.717, 1.165) is 19.5 Å². The molecular formula is C17H24FNO3. The van der Waals surface area contributed by atoms with E-state index < -0.39 is 5.97 Å². The Morgan fingerprint density at radius 2 is 2.14 bits per heavy atom. The molecule has 1 heterocycles. The molecule has 1 aromatic carbocycles. The van der Waals surface area contributed by atoms with Crippen molar-refractivity contribution in [2.45, 2.75) is 39.3 Å². The second-order valence-corrected chi connectivity index (χ2v) is 6.33. The average molecular weight is 309 g/mol. The summed E-state index contributed by atoms with van der Waals surface area (Å²) in [6.07, 6.45) is 1.61. The molecule has 5 heteroatoms. The van der Waals surface area contributed by atoms with Crippen LogP contribution in [0, 0.1) is 11.7 Å². The van der Waals surface area contributed by atoms with Crippen molar-refractivity contribution in [1.29, 1.82) is 0 Å². The van der Waals surface area contributed by atoms with Crippen LogP contribution in [0.25, 0.3) is 0 Å². The standard InChI is InChI=1S/C17H24FNO3/c1-11(2)8-12(22-3)9-19-7-6-13-15(10-19)14(17(20)21)4-5-16(13)18/h4-5,11-12H,6-10H2,1-3H3,(H,20,21). The number of benzene rings is 1. The zero-order valence-corrected chi connectivity index (χ0v) is 13.4. The molecule has 122 valence electrons. The maximum atomic E-state index is 13.9. The van der Waals surface area contributed by atoms with Crippen LogP contribution in [0.3, 0.4) is 0 Å². The molecule has 0 bridgehead atoms. The number of carboxylic acid groups (broad SMARTS) is 1. The highest BCUT2D eigenvalue weighted by Gasteiger charge is 2.26. The van der Waals surface area contributed by atoms with Crippen molar-refractivity contribution >= 4 is 5.97 Å². The van der Waals surface area contributed by atoms with Crippen molar-refractivity contribution in [3.63, 3.8) is 0 Å². The van der Waals surface area contributed by atoms with Crippen LogP contribution in [0.15, 0.2) is 12.1 Å². The molecule has 22 heavy (non-hydrogen) atoms. The lowest BCUT2D eigenvalue weighted by Gasteiger charge is -2.32. The lowest BCUT2D eigenvalue weighted by Crippen LogP contribution is -2.38. The molecule has 2 rings (SSSR count). The highest BCUT2D eigenvalue weighted by atomic mass is 19.1. The van der Waals surface area contributed by atoms with E-state index >= 15 is 0 Å². The number of ether oxygens (including phenoxy) is 1. The number of halogens is 1. The summed E-state index contributed by atoms with van der Waals surface area (Å²) in [4.78, 5) is 13.5. The highest BCUT2D eigenvalue weighted by Crippen LogP contribution is 2.26. The molecule has 1 aliphatic rings. The van der Waals surface area contributed by atoms with E-state index in [4.69, 9.17) is 4.74 Å². The summed E-state index contributed by atoms with van der Waals surface area (Å²) in [7, 11) is 1.70. The Morgan fingerprint density at radius 3 is 2.73 bits per heavy atom. The molecule has 0 fully saturated rings. The van der Waals surface area contributed by atoms with Crippen molar-refractivity contribution < 1.29 is 19.0 Å². The van der Waals surface area contributed by atoms with Gasteiger partial charge in [-0.05, 0) is 42.0 Å². The SMILES string of the molecule is COC(CC(C)C)CN1CCc2c(F)ccc(C(=O)O)c2C1. The Morgan fingerprint density at radius 1 is 1.41 bits per heavy atom. The number of nitrogens with zero attached hydrogens (tertiary/aromatic N) is 1. The molecule has 1 aliphatic heterocycles. The number of aromatic carboxylic acids is 1. The van der Waals surface area contributed by atoms with Gasteiger partial charge in [0.2, 0.25) is 0 Å². The molecule has 0 amide bonds. The van der Waals surface area contributed by atoms with Gasteiger partial charge in [-0.25, -0.2) is 9.18 Å². The average Bonchev–Trinajstić information content (AvgIpc) is 2.46. The van der Waals surface area contributed by atoms with E-state index in [0.29, 0.717) is 30.0 Å². The van der Waals surface area contributed by atoms with Crippen molar-refractivity contribution in [2.75, 3.05) is 20.2 Å². The minimum atomic E-state index is -0.997. The quantitative estimate of drug-likeness (QED) is 0.878. The first-order valence-electron chi connectivity index (χ1n) is 7.71. The number of hydrogen-bond acceptors (Lipinski definition) is 3. The molecular weight excluding hydrogens is 285 g/mol. The van der Waals surface area contributed by atoms with Crippen molar-refractivity contribution in [3.8, 4) is 0 Å². The van der Waals surface area contributed by atoms with Gasteiger partial charge in [0, 0.05) is 26.7 Å². The number of hydrogen-bond donors (Lipinski definition) is 1. The lowest BCUT2D eigenvalue weighted by molar-refractivity contribution is 0.0450. The Hall–Kier alpha value is -1.46. The third kappa shape index (κ3) is 3.84. The van der Waals surface area contributed by atoms with Crippen LogP contribution in [0.2, 0.25) is 0 Å². The number of carboxylic acids is 1. The van der Waals surface area contributed by atoms with E-state index in [1.54, 1.807) is 7.11 Å². The predicted octanol–water partition coefficient (Wildman–Crippen LogP) is 2.94. The normalized spacial score (nSPS) is 16.6. The minimum Gasteiger partial charge on any atom is -0.478 e. The molecule has 1 unspecified atom stereocenters. The van der Waals surface area contributed by atoms with Crippen LogP contribution in [-0.2, 0) is 17.7 Å². The fourth-order valence-electron chi connectivity index (χ4n) is 3.10. The fourth-order valence-corrected chi connectivity index (χ4v) is 3.10. The van der Waals surface area contributed by atoms with Gasteiger partial charge in [-0.2, -0.15) is 0 Å². The Bertz CT molecular complexity index is 545. The summed E-state index contributed by atoms with van der Waals surface area (Å²) in [6.45, 7) is 6.23. The van der Waals surface area contributed by atoms with Crippen LogP contribution in [0.4, 0.5) is 4.39 Å². The van der Waals surface area contributed by atoms with Gasteiger partial charge in [-0.15, -0.1) is 0 Å². The van der Waals surface area contributed by atoms with Gasteiger partial charge in [-0.3, -0.25) is 4.90 Å². The van der Waals surface area contributed by atoms with E-state index in [-0.39, 0.29) is 17.5 Å². The fraction of sp³-hybridized carbons (Fsp3) is 0.588. The third-order valence-electron chi connectivity index (χ3n) is 4.19. The molecule has 4 nitrogen and oxygen atoms in total. The summed E-state index contributed by atoms with van der Waals surface area (Å²) >= 11 is 0. The van der Waals surface area contributed by atoms with Crippen molar-refractivity contribution in [1.82, 2.24) is 4.90 Å². The van der Waals surface area contributed by atoms with Gasteiger partial charge in [0.15, 0.2) is 0 Å². The number of carbonyl (C=O) groups is 1. The van der Waals surface area contributed by atoms with E-state index in [1.807, 2.05) is 0 Å². The minimum absolute atomic E-state index is 0.114. The molecule has 0 aliphatic carbocycles. The largest absolute Gasteiger partial charge is 0.478 e. The van der Waals surface area contributed by atoms with Gasteiger partial charge in [0.05, 0.1) is 11.7 Å². The summed E-state index contributed by atoms with van der Waals surface area (Å²) in [5.74, 6) is -0.761. The van der Waals surface area contributed by atoms with Crippen molar-refractivity contribution in [2.24, 2.45) is 5.92 Å². The first kappa shape index (κ1) is 16.9. The summed E-state index contributed by atoms with van der Waals surface area (Å²) in [5, 5.41) is 9.30. The van der Waals surface area contributed by atoms with Gasteiger partial charge in [0.1, 0.15) is 5.82 Å². The van der Waals surface area contributed by atoms with Gasteiger partial charge < -0.3 is 9.84 Å². The second kappa shape index (κ2) is 7.20. The van der Waals surface area contributed by atoms with Crippen LogP contribution in [0.1, 0.15) is 41.8 Å². The molecule has 0 saturated carbocycles. The van der Waals surface area contributed by atoms with Gasteiger partial charge in [-0.1, -0.05) is 13.8 Å². The predicted molar refractivity (Wildman–Crippen MR) is 82.6 cm³/mol. The maximum Gasteiger partial charge on any atom is 0.336 e. The first-order valence-corrected chi connectivity index (χ1v) is 7.71. The summed E-state index contributed by atoms with van der Waals surface area (Å²) in [6, 6.07) is 2.62. The number of rotatable bonds is 6. The van der Waals surface area contributed by atoms with Crippen LogP contribution in [0.5, 0.6) is 0 Å². The monoisotopic (exact) mass is 309 g/mol. The molecule has 0 radical (unpaired) electrons. The van der Waals surface area contributed by atoms with E-state index in [1.165, 1.54) is 12.1 Å². The first-order chi connectivity index (χ1) is 10.4. The highest BCUT2D eigenvalue weighted by molar-refractivity contribution is 5.89. The van der Waals surface area contributed by atoms with Gasteiger partial charge in [0.25, 0.3) is 0 Å². The van der Waals surface area contributed by atoms with Crippen molar-refractivity contribution in [3.05, 3.63) is 34.6 Å².